The van der Waals surface area contributed by atoms with Crippen LogP contribution in [0.5, 0.6) is 12.0 Å². The van der Waals surface area contributed by atoms with Gasteiger partial charge in [-0.25, -0.2) is 0 Å². The first-order valence-corrected chi connectivity index (χ1v) is 3.19. The van der Waals surface area contributed by atoms with E-state index in [9.17, 15) is 0 Å². The van der Waals surface area contributed by atoms with Gasteiger partial charge in [0.05, 0.1) is 14.2 Å². The highest BCUT2D eigenvalue weighted by Gasteiger charge is 2.04. The van der Waals surface area contributed by atoms with E-state index in [1.807, 2.05) is 0 Å². The highest BCUT2D eigenvalue weighted by Crippen LogP contribution is 2.13. The lowest BCUT2D eigenvalue weighted by molar-refractivity contribution is 0.341. The number of nitrogens with zero attached hydrogens (tertiary/aromatic N) is 6. The standard InChI is InChI=1S/C5H6N6O2/c1-12-4-7-3(10-11-6)8-5(9-4)13-2/h1-2H3. The summed E-state index contributed by atoms with van der Waals surface area (Å²) in [4.78, 5) is 13.5. The molecule has 1 aromatic heterocycles. The molecule has 0 aliphatic heterocycles. The van der Waals surface area contributed by atoms with Crippen LogP contribution in [0.1, 0.15) is 0 Å². The number of rotatable bonds is 3. The van der Waals surface area contributed by atoms with Gasteiger partial charge in [0.1, 0.15) is 0 Å². The molecule has 68 valence electrons. The maximum atomic E-state index is 8.12. The topological polar surface area (TPSA) is 106 Å². The van der Waals surface area contributed by atoms with Gasteiger partial charge in [0.15, 0.2) is 0 Å². The van der Waals surface area contributed by atoms with Gasteiger partial charge in [-0.15, -0.1) is 4.98 Å². The Morgan fingerprint density at radius 2 is 1.69 bits per heavy atom. The fourth-order valence-electron chi connectivity index (χ4n) is 0.595. The van der Waals surface area contributed by atoms with Crippen molar-refractivity contribution < 1.29 is 9.47 Å². The molecule has 13 heavy (non-hydrogen) atoms. The number of azide groups is 1. The summed E-state index contributed by atoms with van der Waals surface area (Å²) in [5, 5.41) is 3.18. The average molecular weight is 182 g/mol. The largest absolute Gasteiger partial charge is 0.467 e. The summed E-state index contributed by atoms with van der Waals surface area (Å²) in [5.74, 6) is -0.0915. The van der Waals surface area contributed by atoms with E-state index < -0.39 is 0 Å². The molecule has 0 N–H and O–H groups in total. The van der Waals surface area contributed by atoms with Crippen LogP contribution >= 0.6 is 0 Å². The number of hydrogen-bond donors (Lipinski definition) is 0. The molecular weight excluding hydrogens is 176 g/mol. The van der Waals surface area contributed by atoms with E-state index in [2.05, 4.69) is 25.0 Å². The molecule has 0 aliphatic rings. The van der Waals surface area contributed by atoms with Crippen molar-refractivity contribution in [2.75, 3.05) is 14.2 Å². The average Bonchev–Trinajstić information content (AvgIpc) is 2.17. The van der Waals surface area contributed by atoms with Gasteiger partial charge in [0.25, 0.3) is 0 Å². The van der Waals surface area contributed by atoms with Crippen LogP contribution < -0.4 is 9.47 Å². The Labute approximate surface area is 73.2 Å². The van der Waals surface area contributed by atoms with Crippen molar-refractivity contribution in [3.63, 3.8) is 0 Å². The van der Waals surface area contributed by atoms with Crippen LogP contribution in [0.15, 0.2) is 5.11 Å². The molecular formula is C5H6N6O2. The summed E-state index contributed by atoms with van der Waals surface area (Å²) >= 11 is 0. The first-order chi connectivity index (χ1) is 6.30. The quantitative estimate of drug-likeness (QED) is 0.391. The molecule has 0 bridgehead atoms. The molecule has 0 atom stereocenters. The lowest BCUT2D eigenvalue weighted by Gasteiger charge is -2.00. The third-order valence-corrected chi connectivity index (χ3v) is 1.08. The molecule has 8 heteroatoms. The van der Waals surface area contributed by atoms with Gasteiger partial charge in [0.2, 0.25) is 5.95 Å². The van der Waals surface area contributed by atoms with Crippen molar-refractivity contribution in [3.05, 3.63) is 10.4 Å². The Kier molecular flexibility index (Phi) is 2.82. The molecule has 0 radical (unpaired) electrons. The van der Waals surface area contributed by atoms with E-state index in [-0.39, 0.29) is 18.0 Å². The smallest absolute Gasteiger partial charge is 0.322 e. The first kappa shape index (κ1) is 9.01. The van der Waals surface area contributed by atoms with Gasteiger partial charge in [0, 0.05) is 4.91 Å². The molecule has 1 aromatic rings. The van der Waals surface area contributed by atoms with Crippen LogP contribution in [0.3, 0.4) is 0 Å². The molecule has 0 aliphatic carbocycles. The van der Waals surface area contributed by atoms with Crippen molar-refractivity contribution >= 4 is 5.95 Å². The van der Waals surface area contributed by atoms with Gasteiger partial charge >= 0.3 is 12.0 Å². The maximum absolute atomic E-state index is 8.12. The SMILES string of the molecule is COc1nc(N=[N+]=[N-])nc(OC)n1. The summed E-state index contributed by atoms with van der Waals surface area (Å²) < 4.78 is 9.44. The normalized spacial score (nSPS) is 8.77. The molecule has 8 nitrogen and oxygen atoms in total. The first-order valence-electron chi connectivity index (χ1n) is 3.19. The fourth-order valence-corrected chi connectivity index (χ4v) is 0.595. The fraction of sp³-hybridized carbons (Fsp3) is 0.400. The van der Waals surface area contributed by atoms with Crippen LogP contribution in [0.4, 0.5) is 5.95 Å². The summed E-state index contributed by atoms with van der Waals surface area (Å²) in [6, 6.07) is 0.0727. The minimum Gasteiger partial charge on any atom is -0.467 e. The number of ether oxygens (including phenoxy) is 2. The molecule has 0 unspecified atom stereocenters. The predicted molar refractivity (Wildman–Crippen MR) is 41.7 cm³/mol. The second kappa shape index (κ2) is 4.07. The summed E-state index contributed by atoms with van der Waals surface area (Å²) in [7, 11) is 2.77. The van der Waals surface area contributed by atoms with Crippen molar-refractivity contribution in [2.24, 2.45) is 5.11 Å². The Hall–Kier alpha value is -2.08. The van der Waals surface area contributed by atoms with Gasteiger partial charge in [-0.05, 0) is 10.6 Å². The van der Waals surface area contributed by atoms with Gasteiger partial charge in [-0.2, -0.15) is 9.97 Å². The van der Waals surface area contributed by atoms with E-state index in [1.54, 1.807) is 0 Å². The van der Waals surface area contributed by atoms with E-state index in [0.717, 1.165) is 0 Å². The van der Waals surface area contributed by atoms with Crippen molar-refractivity contribution in [3.8, 4) is 12.0 Å². The molecule has 0 fully saturated rings. The van der Waals surface area contributed by atoms with Gasteiger partial charge in [-0.3, -0.25) is 0 Å². The minimum absolute atomic E-state index is 0.0363. The Morgan fingerprint density at radius 3 is 2.08 bits per heavy atom. The maximum Gasteiger partial charge on any atom is 0.322 e. The zero-order chi connectivity index (χ0) is 9.68. The highest BCUT2D eigenvalue weighted by molar-refractivity contribution is 5.19. The van der Waals surface area contributed by atoms with E-state index in [1.165, 1.54) is 14.2 Å². The number of methoxy groups -OCH3 is 2. The lowest BCUT2D eigenvalue weighted by atomic mass is 10.9. The van der Waals surface area contributed by atoms with Crippen molar-refractivity contribution in [1.82, 2.24) is 15.0 Å². The van der Waals surface area contributed by atoms with Crippen LogP contribution in [0.25, 0.3) is 10.4 Å². The molecule has 0 spiro atoms. The van der Waals surface area contributed by atoms with Crippen molar-refractivity contribution in [2.45, 2.75) is 0 Å². The third-order valence-electron chi connectivity index (χ3n) is 1.08. The van der Waals surface area contributed by atoms with Crippen LogP contribution in [0, 0.1) is 0 Å². The molecule has 1 rings (SSSR count). The number of aromatic nitrogens is 3. The van der Waals surface area contributed by atoms with Crippen LogP contribution in [-0.2, 0) is 0 Å². The third kappa shape index (κ3) is 2.17. The number of hydrogen-bond acceptors (Lipinski definition) is 6. The summed E-state index contributed by atoms with van der Waals surface area (Å²) in [6.07, 6.45) is 0. The van der Waals surface area contributed by atoms with Crippen LogP contribution in [0.2, 0.25) is 0 Å². The molecule has 1 heterocycles. The van der Waals surface area contributed by atoms with E-state index in [4.69, 9.17) is 15.0 Å². The second-order valence-corrected chi connectivity index (χ2v) is 1.80. The summed E-state index contributed by atoms with van der Waals surface area (Å²) in [5.41, 5.74) is 8.12. The Balaban J connectivity index is 3.14. The molecule has 0 saturated heterocycles. The van der Waals surface area contributed by atoms with Crippen molar-refractivity contribution in [1.29, 1.82) is 0 Å². The lowest BCUT2D eigenvalue weighted by Crippen LogP contribution is -1.97. The molecule has 0 amide bonds. The molecule has 0 aromatic carbocycles. The Morgan fingerprint density at radius 1 is 1.15 bits per heavy atom. The van der Waals surface area contributed by atoms with Gasteiger partial charge in [-0.1, -0.05) is 0 Å². The second-order valence-electron chi connectivity index (χ2n) is 1.80. The zero-order valence-electron chi connectivity index (χ0n) is 7.00. The van der Waals surface area contributed by atoms with E-state index >= 15 is 0 Å². The highest BCUT2D eigenvalue weighted by atomic mass is 16.5. The predicted octanol–water partition coefficient (Wildman–Crippen LogP) is 0.831. The monoisotopic (exact) mass is 182 g/mol. The van der Waals surface area contributed by atoms with Crippen LogP contribution in [-0.4, -0.2) is 29.2 Å². The van der Waals surface area contributed by atoms with Gasteiger partial charge < -0.3 is 9.47 Å². The molecule has 0 saturated carbocycles. The minimum atomic E-state index is -0.0915. The van der Waals surface area contributed by atoms with E-state index in [0.29, 0.717) is 0 Å². The Bertz CT molecular complexity index is 325. The summed E-state index contributed by atoms with van der Waals surface area (Å²) in [6.45, 7) is 0. The zero-order valence-corrected chi connectivity index (χ0v) is 7.00.